The predicted molar refractivity (Wildman–Crippen MR) is 79.4 cm³/mol. The summed E-state index contributed by atoms with van der Waals surface area (Å²) in [6.07, 6.45) is 0. The minimum absolute atomic E-state index is 0.0517. The van der Waals surface area contributed by atoms with E-state index in [0.717, 1.165) is 0 Å². The van der Waals surface area contributed by atoms with Crippen LogP contribution in [0.1, 0.15) is 29.8 Å². The van der Waals surface area contributed by atoms with E-state index in [1.54, 1.807) is 6.92 Å². The van der Waals surface area contributed by atoms with E-state index in [9.17, 15) is 13.2 Å². The summed E-state index contributed by atoms with van der Waals surface area (Å²) in [6.45, 7) is 5.60. The molecule has 6 nitrogen and oxygen atoms in total. The van der Waals surface area contributed by atoms with E-state index < -0.39 is 22.0 Å². The molecule has 1 atom stereocenters. The zero-order valence-electron chi connectivity index (χ0n) is 12.0. The van der Waals surface area contributed by atoms with Crippen molar-refractivity contribution in [1.29, 1.82) is 0 Å². The quantitative estimate of drug-likeness (QED) is 0.795. The fourth-order valence-electron chi connectivity index (χ4n) is 1.81. The van der Waals surface area contributed by atoms with E-state index in [-0.39, 0.29) is 27.7 Å². The summed E-state index contributed by atoms with van der Waals surface area (Å²) in [5.41, 5.74) is 0.00310. The van der Waals surface area contributed by atoms with E-state index in [4.69, 9.17) is 21.4 Å². The number of sulfonamides is 1. The Morgan fingerprint density at radius 3 is 2.62 bits per heavy atom. The van der Waals surface area contributed by atoms with Crippen LogP contribution in [0.15, 0.2) is 17.0 Å². The first-order valence-electron chi connectivity index (χ1n) is 6.32. The van der Waals surface area contributed by atoms with Crippen LogP contribution in [0.4, 0.5) is 0 Å². The molecule has 0 fully saturated rings. The standard InChI is InChI=1S/C13H18ClNO5S/c1-4-20-7-8(2)15-21(18,19)12-6-10(14)5-11(9(12)3)13(16)17/h5-6,8,15H,4,7H2,1-3H3,(H,16,17). The van der Waals surface area contributed by atoms with Gasteiger partial charge in [-0.2, -0.15) is 0 Å². The van der Waals surface area contributed by atoms with Crippen LogP contribution >= 0.6 is 11.6 Å². The van der Waals surface area contributed by atoms with Gasteiger partial charge in [0.25, 0.3) is 0 Å². The maximum Gasteiger partial charge on any atom is 0.336 e. The fourth-order valence-corrected chi connectivity index (χ4v) is 3.62. The average molecular weight is 336 g/mol. The summed E-state index contributed by atoms with van der Waals surface area (Å²) in [7, 11) is -3.88. The summed E-state index contributed by atoms with van der Waals surface area (Å²) in [6, 6.07) is 2.02. The first-order chi connectivity index (χ1) is 9.69. The topological polar surface area (TPSA) is 92.7 Å². The van der Waals surface area contributed by atoms with Crippen LogP contribution in [-0.4, -0.2) is 38.7 Å². The molecule has 118 valence electrons. The van der Waals surface area contributed by atoms with Gasteiger partial charge < -0.3 is 9.84 Å². The Bertz CT molecular complexity index is 630. The number of carboxylic acids is 1. The van der Waals surface area contributed by atoms with Gasteiger partial charge in [0.05, 0.1) is 17.1 Å². The molecule has 0 aromatic heterocycles. The van der Waals surface area contributed by atoms with Gasteiger partial charge in [-0.1, -0.05) is 11.6 Å². The summed E-state index contributed by atoms with van der Waals surface area (Å²) in [5, 5.41) is 9.14. The number of hydrogen-bond acceptors (Lipinski definition) is 4. The minimum Gasteiger partial charge on any atom is -0.478 e. The molecular weight excluding hydrogens is 318 g/mol. The third kappa shape index (κ3) is 4.67. The molecular formula is C13H18ClNO5S. The van der Waals surface area contributed by atoms with Crippen molar-refractivity contribution < 1.29 is 23.1 Å². The number of aromatic carboxylic acids is 1. The minimum atomic E-state index is -3.88. The summed E-state index contributed by atoms with van der Waals surface area (Å²) < 4.78 is 32.3. The Kier molecular flexibility index (Phi) is 6.15. The molecule has 21 heavy (non-hydrogen) atoms. The molecule has 0 saturated carbocycles. The molecule has 0 aliphatic rings. The van der Waals surface area contributed by atoms with Gasteiger partial charge in [0, 0.05) is 17.7 Å². The summed E-state index contributed by atoms with van der Waals surface area (Å²) >= 11 is 5.81. The maximum absolute atomic E-state index is 12.3. The van der Waals surface area contributed by atoms with Crippen molar-refractivity contribution in [2.24, 2.45) is 0 Å². The van der Waals surface area contributed by atoms with Crippen molar-refractivity contribution in [3.8, 4) is 0 Å². The van der Waals surface area contributed by atoms with Gasteiger partial charge in [0.15, 0.2) is 0 Å². The number of nitrogens with one attached hydrogen (secondary N) is 1. The van der Waals surface area contributed by atoms with Crippen molar-refractivity contribution in [2.45, 2.75) is 31.7 Å². The molecule has 1 rings (SSSR count). The monoisotopic (exact) mass is 335 g/mol. The van der Waals surface area contributed by atoms with Gasteiger partial charge in [-0.05, 0) is 38.5 Å². The molecule has 1 aromatic rings. The molecule has 0 radical (unpaired) electrons. The lowest BCUT2D eigenvalue weighted by Gasteiger charge is -2.16. The first kappa shape index (κ1) is 17.9. The Balaban J connectivity index is 3.17. The Morgan fingerprint density at radius 2 is 2.10 bits per heavy atom. The number of carboxylic acid groups (broad SMARTS) is 1. The molecule has 0 aliphatic carbocycles. The number of carbonyl (C=O) groups is 1. The van der Waals surface area contributed by atoms with Gasteiger partial charge >= 0.3 is 5.97 Å². The smallest absolute Gasteiger partial charge is 0.336 e. The van der Waals surface area contributed by atoms with Gasteiger partial charge in [-0.25, -0.2) is 17.9 Å². The normalized spacial score (nSPS) is 13.1. The number of halogens is 1. The molecule has 0 spiro atoms. The van der Waals surface area contributed by atoms with Crippen LogP contribution in [0, 0.1) is 6.92 Å². The SMILES string of the molecule is CCOCC(C)NS(=O)(=O)c1cc(Cl)cc(C(=O)O)c1C. The van der Waals surface area contributed by atoms with E-state index in [0.29, 0.717) is 6.61 Å². The Labute approximate surface area is 129 Å². The van der Waals surface area contributed by atoms with E-state index in [1.165, 1.54) is 19.1 Å². The average Bonchev–Trinajstić information content (AvgIpc) is 2.37. The van der Waals surface area contributed by atoms with Crippen LogP contribution in [0.2, 0.25) is 5.02 Å². The number of hydrogen-bond donors (Lipinski definition) is 2. The number of rotatable bonds is 7. The highest BCUT2D eigenvalue weighted by molar-refractivity contribution is 7.89. The van der Waals surface area contributed by atoms with Gasteiger partial charge in [0.1, 0.15) is 0 Å². The second-order valence-corrected chi connectivity index (χ2v) is 6.68. The zero-order chi connectivity index (χ0) is 16.2. The largest absolute Gasteiger partial charge is 0.478 e. The lowest BCUT2D eigenvalue weighted by molar-refractivity contribution is 0.0695. The second kappa shape index (κ2) is 7.22. The lowest BCUT2D eigenvalue weighted by atomic mass is 10.1. The molecule has 2 N–H and O–H groups in total. The van der Waals surface area contributed by atoms with Crippen LogP contribution in [-0.2, 0) is 14.8 Å². The highest BCUT2D eigenvalue weighted by atomic mass is 35.5. The van der Waals surface area contributed by atoms with Crippen LogP contribution in [0.25, 0.3) is 0 Å². The van der Waals surface area contributed by atoms with E-state index in [1.807, 2.05) is 6.92 Å². The number of ether oxygens (including phenoxy) is 1. The molecule has 8 heteroatoms. The number of benzene rings is 1. The predicted octanol–water partition coefficient (Wildman–Crippen LogP) is 2.05. The van der Waals surface area contributed by atoms with Crippen molar-refractivity contribution in [2.75, 3.05) is 13.2 Å². The van der Waals surface area contributed by atoms with E-state index >= 15 is 0 Å². The van der Waals surface area contributed by atoms with E-state index in [2.05, 4.69) is 4.72 Å². The van der Waals surface area contributed by atoms with Gasteiger partial charge in [-0.3, -0.25) is 0 Å². The molecule has 1 unspecified atom stereocenters. The van der Waals surface area contributed by atoms with Crippen LogP contribution in [0.3, 0.4) is 0 Å². The Hall–Kier alpha value is -1.15. The fraction of sp³-hybridized carbons (Fsp3) is 0.462. The van der Waals surface area contributed by atoms with Gasteiger partial charge in [0.2, 0.25) is 10.0 Å². The third-order valence-corrected chi connectivity index (χ3v) is 4.71. The molecule has 1 aromatic carbocycles. The summed E-state index contributed by atoms with van der Waals surface area (Å²) in [5.74, 6) is -1.23. The highest BCUT2D eigenvalue weighted by Gasteiger charge is 2.23. The molecule has 0 bridgehead atoms. The lowest BCUT2D eigenvalue weighted by Crippen LogP contribution is -2.36. The highest BCUT2D eigenvalue weighted by Crippen LogP contribution is 2.24. The molecule has 0 aliphatic heterocycles. The van der Waals surface area contributed by atoms with Crippen molar-refractivity contribution in [3.63, 3.8) is 0 Å². The molecule has 0 amide bonds. The summed E-state index contributed by atoms with van der Waals surface area (Å²) in [4.78, 5) is 11.0. The Morgan fingerprint density at radius 1 is 1.48 bits per heavy atom. The maximum atomic E-state index is 12.3. The molecule has 0 saturated heterocycles. The first-order valence-corrected chi connectivity index (χ1v) is 8.18. The van der Waals surface area contributed by atoms with Crippen LogP contribution < -0.4 is 4.72 Å². The van der Waals surface area contributed by atoms with Crippen LogP contribution in [0.5, 0.6) is 0 Å². The van der Waals surface area contributed by atoms with Crippen molar-refractivity contribution in [1.82, 2.24) is 4.72 Å². The van der Waals surface area contributed by atoms with Crippen molar-refractivity contribution >= 4 is 27.6 Å². The molecule has 0 heterocycles. The third-order valence-electron chi connectivity index (χ3n) is 2.77. The zero-order valence-corrected chi connectivity index (χ0v) is 13.6. The van der Waals surface area contributed by atoms with Crippen molar-refractivity contribution in [3.05, 3.63) is 28.3 Å². The van der Waals surface area contributed by atoms with Gasteiger partial charge in [-0.15, -0.1) is 0 Å². The second-order valence-electron chi connectivity index (χ2n) is 4.56.